The molecule has 0 aromatic rings. The number of aliphatic carboxylic acids is 1. The second-order valence-electron chi connectivity index (χ2n) is 4.45. The molecule has 0 aromatic heterocycles. The summed E-state index contributed by atoms with van der Waals surface area (Å²) in [4.78, 5) is 22.1. The Morgan fingerprint density at radius 1 is 1.56 bits per heavy atom. The Morgan fingerprint density at radius 2 is 2.31 bits per heavy atom. The number of carbonyl (C=O) groups is 2. The molecule has 1 atom stereocenters. The fourth-order valence-corrected chi connectivity index (χ4v) is 2.18. The van der Waals surface area contributed by atoms with Gasteiger partial charge in [0, 0.05) is 6.42 Å². The molecule has 1 aliphatic heterocycles. The van der Waals surface area contributed by atoms with Gasteiger partial charge in [0.1, 0.15) is 6.73 Å². The van der Waals surface area contributed by atoms with E-state index in [9.17, 15) is 9.59 Å². The Labute approximate surface area is 93.3 Å². The molecule has 1 saturated heterocycles. The van der Waals surface area contributed by atoms with Gasteiger partial charge in [-0.15, -0.1) is 0 Å². The van der Waals surface area contributed by atoms with E-state index in [-0.39, 0.29) is 19.2 Å². The van der Waals surface area contributed by atoms with Crippen molar-refractivity contribution < 1.29 is 19.4 Å². The van der Waals surface area contributed by atoms with Gasteiger partial charge in [-0.3, -0.25) is 4.79 Å². The molecule has 0 radical (unpaired) electrons. The van der Waals surface area contributed by atoms with Crippen LogP contribution in [0.1, 0.15) is 25.7 Å². The average molecular weight is 228 g/mol. The Morgan fingerprint density at radius 3 is 2.94 bits per heavy atom. The molecule has 1 heterocycles. The van der Waals surface area contributed by atoms with Gasteiger partial charge in [0.25, 0.3) is 0 Å². The van der Waals surface area contributed by atoms with E-state index < -0.39 is 11.5 Å². The predicted molar refractivity (Wildman–Crippen MR) is 54.8 cm³/mol. The maximum Gasteiger partial charge on any atom is 0.317 e. The lowest BCUT2D eigenvalue weighted by Gasteiger charge is -2.32. The quantitative estimate of drug-likeness (QED) is 0.645. The summed E-state index contributed by atoms with van der Waals surface area (Å²) in [5, 5.41) is 14.1. The summed E-state index contributed by atoms with van der Waals surface area (Å²) >= 11 is 0. The van der Waals surface area contributed by atoms with Crippen LogP contribution in [-0.2, 0) is 9.53 Å². The lowest BCUT2D eigenvalue weighted by atomic mass is 9.88. The second-order valence-corrected chi connectivity index (χ2v) is 4.45. The topological polar surface area (TPSA) is 87.7 Å². The van der Waals surface area contributed by atoms with E-state index in [1.165, 1.54) is 0 Å². The van der Waals surface area contributed by atoms with Crippen LogP contribution in [0.4, 0.5) is 4.79 Å². The molecule has 90 valence electrons. The van der Waals surface area contributed by atoms with Crippen LogP contribution in [0.25, 0.3) is 0 Å². The van der Waals surface area contributed by atoms with E-state index >= 15 is 0 Å². The van der Waals surface area contributed by atoms with Crippen LogP contribution in [0.15, 0.2) is 0 Å². The minimum atomic E-state index is -0.841. The first-order valence-electron chi connectivity index (χ1n) is 5.48. The van der Waals surface area contributed by atoms with Crippen LogP contribution in [0.3, 0.4) is 0 Å². The number of amides is 2. The normalized spacial score (nSPS) is 30.1. The van der Waals surface area contributed by atoms with Gasteiger partial charge in [-0.2, -0.15) is 0 Å². The first-order valence-corrected chi connectivity index (χ1v) is 5.48. The van der Waals surface area contributed by atoms with Gasteiger partial charge in [0.2, 0.25) is 0 Å². The number of carboxylic acid groups (broad SMARTS) is 1. The summed E-state index contributed by atoms with van der Waals surface area (Å²) in [6.45, 7) is 0.580. The molecule has 2 fully saturated rings. The molecule has 2 amide bonds. The van der Waals surface area contributed by atoms with Crippen molar-refractivity contribution in [1.29, 1.82) is 0 Å². The number of hydrogen-bond acceptors (Lipinski definition) is 3. The second kappa shape index (κ2) is 4.29. The Hall–Kier alpha value is -1.30. The van der Waals surface area contributed by atoms with Gasteiger partial charge in [0.05, 0.1) is 12.1 Å². The molecule has 1 aliphatic carbocycles. The minimum absolute atomic E-state index is 0.0557. The standard InChI is InChI=1S/C10H16N2O4/c13-8(14)3-4-10(7-1-2-7)5-16-6-11-9(15)12-10/h7H,1-6H2,(H,13,14)(H2,11,12,15). The Balaban J connectivity index is 2.06. The summed E-state index contributed by atoms with van der Waals surface area (Å²) in [5.41, 5.74) is -0.487. The van der Waals surface area contributed by atoms with Gasteiger partial charge in [0.15, 0.2) is 0 Å². The third-order valence-electron chi connectivity index (χ3n) is 3.20. The van der Waals surface area contributed by atoms with Crippen molar-refractivity contribution in [1.82, 2.24) is 10.6 Å². The zero-order chi connectivity index (χ0) is 11.6. The maximum absolute atomic E-state index is 11.4. The molecule has 0 spiro atoms. The van der Waals surface area contributed by atoms with Crippen molar-refractivity contribution in [2.75, 3.05) is 13.3 Å². The fourth-order valence-electron chi connectivity index (χ4n) is 2.18. The fraction of sp³-hybridized carbons (Fsp3) is 0.800. The molecule has 6 nitrogen and oxygen atoms in total. The summed E-state index contributed by atoms with van der Waals surface area (Å²) in [6.07, 6.45) is 2.55. The van der Waals surface area contributed by atoms with Gasteiger partial charge in [-0.05, 0) is 25.2 Å². The third kappa shape index (κ3) is 2.44. The molecule has 6 heteroatoms. The molecule has 0 bridgehead atoms. The third-order valence-corrected chi connectivity index (χ3v) is 3.20. The smallest absolute Gasteiger partial charge is 0.317 e. The average Bonchev–Trinajstić information content (AvgIpc) is 3.01. The van der Waals surface area contributed by atoms with Crippen LogP contribution in [0, 0.1) is 5.92 Å². The van der Waals surface area contributed by atoms with E-state index in [0.29, 0.717) is 18.9 Å². The molecule has 16 heavy (non-hydrogen) atoms. The number of nitrogens with one attached hydrogen (secondary N) is 2. The van der Waals surface area contributed by atoms with E-state index in [1.807, 2.05) is 0 Å². The first kappa shape index (κ1) is 11.2. The SMILES string of the molecule is O=C(O)CCC1(C2CC2)COCNC(=O)N1. The summed E-state index contributed by atoms with van der Waals surface area (Å²) in [7, 11) is 0. The van der Waals surface area contributed by atoms with Crippen molar-refractivity contribution in [3.8, 4) is 0 Å². The zero-order valence-corrected chi connectivity index (χ0v) is 8.99. The minimum Gasteiger partial charge on any atom is -0.481 e. The molecular formula is C10H16N2O4. The summed E-state index contributed by atoms with van der Waals surface area (Å²) in [5.74, 6) is -0.484. The van der Waals surface area contributed by atoms with Crippen LogP contribution in [0.5, 0.6) is 0 Å². The van der Waals surface area contributed by atoms with E-state index in [1.54, 1.807) is 0 Å². The number of hydrogen-bond donors (Lipinski definition) is 3. The van der Waals surface area contributed by atoms with Crippen molar-refractivity contribution in [3.63, 3.8) is 0 Å². The van der Waals surface area contributed by atoms with E-state index in [2.05, 4.69) is 10.6 Å². The number of carbonyl (C=O) groups excluding carboxylic acids is 1. The monoisotopic (exact) mass is 228 g/mol. The van der Waals surface area contributed by atoms with Crippen LogP contribution >= 0.6 is 0 Å². The van der Waals surface area contributed by atoms with E-state index in [0.717, 1.165) is 12.8 Å². The van der Waals surface area contributed by atoms with Crippen LogP contribution < -0.4 is 10.6 Å². The van der Waals surface area contributed by atoms with Crippen molar-refractivity contribution >= 4 is 12.0 Å². The van der Waals surface area contributed by atoms with Gasteiger partial charge in [-0.25, -0.2) is 4.79 Å². The van der Waals surface area contributed by atoms with Crippen molar-refractivity contribution in [2.24, 2.45) is 5.92 Å². The van der Waals surface area contributed by atoms with E-state index in [4.69, 9.17) is 9.84 Å². The first-order chi connectivity index (χ1) is 7.62. The van der Waals surface area contributed by atoms with Crippen LogP contribution in [0.2, 0.25) is 0 Å². The maximum atomic E-state index is 11.4. The molecule has 0 aromatic carbocycles. The summed E-state index contributed by atoms with van der Waals surface area (Å²) < 4.78 is 5.33. The lowest BCUT2D eigenvalue weighted by Crippen LogP contribution is -2.54. The van der Waals surface area contributed by atoms with Crippen LogP contribution in [-0.4, -0.2) is 36.0 Å². The van der Waals surface area contributed by atoms with Gasteiger partial charge in [-0.1, -0.05) is 0 Å². The highest BCUT2D eigenvalue weighted by molar-refractivity contribution is 5.75. The van der Waals surface area contributed by atoms with Gasteiger partial charge >= 0.3 is 12.0 Å². The molecule has 1 unspecified atom stereocenters. The number of ether oxygens (including phenoxy) is 1. The Kier molecular flexibility index (Phi) is 3.00. The number of carboxylic acids is 1. The highest BCUT2D eigenvalue weighted by Crippen LogP contribution is 2.42. The molecule has 3 N–H and O–H groups in total. The lowest BCUT2D eigenvalue weighted by molar-refractivity contribution is -0.137. The Bertz CT molecular complexity index is 303. The van der Waals surface area contributed by atoms with Crippen molar-refractivity contribution in [3.05, 3.63) is 0 Å². The molecule has 1 saturated carbocycles. The molecular weight excluding hydrogens is 212 g/mol. The molecule has 2 rings (SSSR count). The van der Waals surface area contributed by atoms with Crippen molar-refractivity contribution in [2.45, 2.75) is 31.2 Å². The number of urea groups is 1. The zero-order valence-electron chi connectivity index (χ0n) is 8.99. The largest absolute Gasteiger partial charge is 0.481 e. The van der Waals surface area contributed by atoms with Gasteiger partial charge < -0.3 is 20.5 Å². The summed E-state index contributed by atoms with van der Waals surface area (Å²) in [6, 6.07) is -0.269. The highest BCUT2D eigenvalue weighted by Gasteiger charge is 2.47. The highest BCUT2D eigenvalue weighted by atomic mass is 16.5. The number of rotatable bonds is 4. The molecule has 2 aliphatic rings. The predicted octanol–water partition coefficient (Wildman–Crippen LogP) is 0.287.